The van der Waals surface area contributed by atoms with Crippen molar-refractivity contribution in [3.05, 3.63) is 0 Å². The van der Waals surface area contributed by atoms with Crippen LogP contribution in [0.15, 0.2) is 0 Å². The minimum absolute atomic E-state index is 0.156. The van der Waals surface area contributed by atoms with Crippen molar-refractivity contribution in [2.45, 2.75) is 18.9 Å². The van der Waals surface area contributed by atoms with Crippen molar-refractivity contribution in [3.63, 3.8) is 0 Å². The molecular weight excluding hydrogens is 168 g/mol. The highest BCUT2D eigenvalue weighted by Gasteiger charge is 2.30. The molecule has 0 spiro atoms. The van der Waals surface area contributed by atoms with E-state index in [0.717, 1.165) is 19.1 Å². The van der Waals surface area contributed by atoms with E-state index in [2.05, 4.69) is 0 Å². The van der Waals surface area contributed by atoms with Crippen molar-refractivity contribution in [2.24, 2.45) is 0 Å². The first-order chi connectivity index (χ1) is 4.83. The standard InChI is InChI=1S/C6H14O4S/c1-11(7,8,9)5-6-3-2-4-10-6/h6H,2-5H2,1H3,(H2,7,8,9). The summed E-state index contributed by atoms with van der Waals surface area (Å²) in [4.78, 5) is 0. The molecule has 11 heavy (non-hydrogen) atoms. The predicted octanol–water partition coefficient (Wildman–Crippen LogP) is 0.561. The summed E-state index contributed by atoms with van der Waals surface area (Å²) in [6, 6.07) is 0. The van der Waals surface area contributed by atoms with E-state index >= 15 is 0 Å². The molecule has 0 bridgehead atoms. The smallest absolute Gasteiger partial charge is 0.0823 e. The molecule has 1 saturated heterocycles. The van der Waals surface area contributed by atoms with Crippen molar-refractivity contribution >= 4 is 9.63 Å². The molecule has 4 nitrogen and oxygen atoms in total. The molecule has 1 heterocycles. The lowest BCUT2D eigenvalue weighted by Gasteiger charge is -2.27. The maximum Gasteiger partial charge on any atom is 0.0823 e. The molecule has 68 valence electrons. The normalized spacial score (nSPS) is 29.7. The molecule has 0 aromatic carbocycles. The molecule has 1 atom stereocenters. The Morgan fingerprint density at radius 3 is 2.64 bits per heavy atom. The molecule has 0 saturated carbocycles. The molecule has 0 radical (unpaired) electrons. The van der Waals surface area contributed by atoms with E-state index in [-0.39, 0.29) is 11.9 Å². The molecule has 1 rings (SSSR count). The monoisotopic (exact) mass is 182 g/mol. The van der Waals surface area contributed by atoms with E-state index in [1.54, 1.807) is 0 Å². The minimum atomic E-state index is -4.32. The predicted molar refractivity (Wildman–Crippen MR) is 43.2 cm³/mol. The lowest BCUT2D eigenvalue weighted by molar-refractivity contribution is 0.123. The highest BCUT2D eigenvalue weighted by Crippen LogP contribution is 2.20. The Morgan fingerprint density at radius 2 is 2.27 bits per heavy atom. The van der Waals surface area contributed by atoms with Crippen LogP contribution in [0.1, 0.15) is 12.8 Å². The second kappa shape index (κ2) is 2.52. The van der Waals surface area contributed by atoms with E-state index in [9.17, 15) is 4.21 Å². The van der Waals surface area contributed by atoms with Gasteiger partial charge in [0.15, 0.2) is 0 Å². The van der Waals surface area contributed by atoms with Gasteiger partial charge in [0.1, 0.15) is 0 Å². The molecule has 1 aliphatic rings. The number of rotatable bonds is 2. The van der Waals surface area contributed by atoms with Gasteiger partial charge in [-0.15, -0.1) is 0 Å². The maximum atomic E-state index is 11.0. The Hall–Kier alpha value is 0.0300. The Bertz CT molecular complexity index is 190. The largest absolute Gasteiger partial charge is 0.377 e. The summed E-state index contributed by atoms with van der Waals surface area (Å²) in [7, 11) is -4.32. The van der Waals surface area contributed by atoms with Crippen molar-refractivity contribution in [2.75, 3.05) is 18.6 Å². The number of hydrogen-bond donors (Lipinski definition) is 2. The first kappa shape index (κ1) is 9.12. The van der Waals surface area contributed by atoms with Gasteiger partial charge in [0.25, 0.3) is 0 Å². The fourth-order valence-electron chi connectivity index (χ4n) is 1.20. The van der Waals surface area contributed by atoms with Crippen LogP contribution < -0.4 is 0 Å². The van der Waals surface area contributed by atoms with E-state index in [4.69, 9.17) is 13.8 Å². The molecule has 0 amide bonds. The van der Waals surface area contributed by atoms with Crippen LogP contribution in [-0.4, -0.2) is 38.0 Å². The van der Waals surface area contributed by atoms with Gasteiger partial charge in [0, 0.05) is 12.9 Å². The van der Waals surface area contributed by atoms with Crippen LogP contribution in [-0.2, 0) is 14.4 Å². The summed E-state index contributed by atoms with van der Waals surface area (Å²) in [5, 5.41) is 0. The third-order valence-electron chi connectivity index (χ3n) is 1.59. The zero-order chi connectivity index (χ0) is 8.56. The zero-order valence-electron chi connectivity index (χ0n) is 6.52. The Kier molecular flexibility index (Phi) is 2.09. The summed E-state index contributed by atoms with van der Waals surface area (Å²) < 4.78 is 34.0. The van der Waals surface area contributed by atoms with Gasteiger partial charge in [-0.05, 0) is 12.8 Å². The van der Waals surface area contributed by atoms with Gasteiger partial charge in [-0.1, -0.05) is 0 Å². The van der Waals surface area contributed by atoms with Crippen LogP contribution in [0.5, 0.6) is 0 Å². The molecule has 0 aromatic rings. The van der Waals surface area contributed by atoms with Crippen molar-refractivity contribution in [3.8, 4) is 0 Å². The summed E-state index contributed by atoms with van der Waals surface area (Å²) in [5.74, 6) is -0.156. The summed E-state index contributed by atoms with van der Waals surface area (Å²) in [5.41, 5.74) is 0. The Morgan fingerprint density at radius 1 is 1.64 bits per heavy atom. The van der Waals surface area contributed by atoms with Crippen LogP contribution in [0.4, 0.5) is 0 Å². The van der Waals surface area contributed by atoms with Gasteiger partial charge in [0.05, 0.1) is 21.5 Å². The fourth-order valence-corrected chi connectivity index (χ4v) is 2.32. The van der Waals surface area contributed by atoms with Crippen molar-refractivity contribution < 1.29 is 18.1 Å². The maximum absolute atomic E-state index is 11.0. The van der Waals surface area contributed by atoms with Crippen LogP contribution in [0.2, 0.25) is 0 Å². The highest BCUT2D eigenvalue weighted by atomic mass is 32.3. The molecule has 1 aliphatic heterocycles. The van der Waals surface area contributed by atoms with Gasteiger partial charge in [0.2, 0.25) is 0 Å². The molecule has 0 aromatic heterocycles. The van der Waals surface area contributed by atoms with Crippen LogP contribution in [0, 0.1) is 0 Å². The van der Waals surface area contributed by atoms with Gasteiger partial charge in [-0.2, -0.15) is 0 Å². The Balaban J connectivity index is 2.48. The molecule has 2 N–H and O–H groups in total. The lowest BCUT2D eigenvalue weighted by Crippen LogP contribution is -2.38. The molecule has 1 fully saturated rings. The molecule has 1 unspecified atom stereocenters. The van der Waals surface area contributed by atoms with Crippen molar-refractivity contribution in [1.82, 2.24) is 0 Å². The molecule has 0 aliphatic carbocycles. The first-order valence-electron chi connectivity index (χ1n) is 3.57. The first-order valence-corrected chi connectivity index (χ1v) is 6.03. The topological polar surface area (TPSA) is 66.8 Å². The number of hydrogen-bond acceptors (Lipinski definition) is 2. The summed E-state index contributed by atoms with van der Waals surface area (Å²) >= 11 is 0. The van der Waals surface area contributed by atoms with Crippen molar-refractivity contribution in [1.29, 1.82) is 0 Å². The SMILES string of the molecule is CS(=O)(O)(O)CC1CCCO1. The number of ether oxygens (including phenoxy) is 1. The third-order valence-corrected chi connectivity index (χ3v) is 2.73. The van der Waals surface area contributed by atoms with Crippen LogP contribution in [0.25, 0.3) is 0 Å². The third kappa shape index (κ3) is 3.81. The zero-order valence-corrected chi connectivity index (χ0v) is 7.34. The minimum Gasteiger partial charge on any atom is -0.377 e. The van der Waals surface area contributed by atoms with Gasteiger partial charge >= 0.3 is 0 Å². The summed E-state index contributed by atoms with van der Waals surface area (Å²) in [6.07, 6.45) is 2.39. The van der Waals surface area contributed by atoms with Crippen LogP contribution in [0.3, 0.4) is 0 Å². The highest BCUT2D eigenvalue weighted by molar-refractivity contribution is 8.09. The van der Waals surface area contributed by atoms with E-state index < -0.39 is 9.63 Å². The van der Waals surface area contributed by atoms with E-state index in [0.29, 0.717) is 6.61 Å². The van der Waals surface area contributed by atoms with Gasteiger partial charge < -0.3 is 13.8 Å². The van der Waals surface area contributed by atoms with Gasteiger partial charge in [-0.3, -0.25) is 0 Å². The van der Waals surface area contributed by atoms with Crippen LogP contribution >= 0.6 is 0 Å². The molecule has 5 heteroatoms. The quantitative estimate of drug-likeness (QED) is 0.655. The van der Waals surface area contributed by atoms with E-state index in [1.807, 2.05) is 0 Å². The van der Waals surface area contributed by atoms with Gasteiger partial charge in [-0.25, -0.2) is 4.21 Å². The Labute approximate surface area is 66.0 Å². The average Bonchev–Trinajstić information content (AvgIpc) is 2.09. The second-order valence-corrected chi connectivity index (χ2v) is 6.42. The molecular formula is C6H14O4S. The second-order valence-electron chi connectivity index (χ2n) is 3.23. The fraction of sp³-hybridized carbons (Fsp3) is 1.00. The summed E-state index contributed by atoms with van der Waals surface area (Å²) in [6.45, 7) is 0.633. The average molecular weight is 182 g/mol. The lowest BCUT2D eigenvalue weighted by atomic mass is 10.3. The van der Waals surface area contributed by atoms with E-state index in [1.165, 1.54) is 0 Å².